The van der Waals surface area contributed by atoms with Gasteiger partial charge in [-0.3, -0.25) is 0 Å². The van der Waals surface area contributed by atoms with E-state index in [0.29, 0.717) is 6.07 Å². The van der Waals surface area contributed by atoms with Crippen LogP contribution in [0.15, 0.2) is 23.1 Å². The van der Waals surface area contributed by atoms with Crippen molar-refractivity contribution >= 4 is 22.4 Å². The normalized spacial score (nSPS) is 17.8. The van der Waals surface area contributed by atoms with E-state index in [9.17, 15) is 17.2 Å². The van der Waals surface area contributed by atoms with Crippen LogP contribution in [0.25, 0.3) is 0 Å². The highest BCUT2D eigenvalue weighted by Gasteiger charge is 2.27. The van der Waals surface area contributed by atoms with E-state index in [1.807, 2.05) is 0 Å². The van der Waals surface area contributed by atoms with Gasteiger partial charge in [0.15, 0.2) is 11.6 Å². The molecule has 0 bridgehead atoms. The Morgan fingerprint density at radius 1 is 1.18 bits per heavy atom. The molecule has 1 aromatic carbocycles. The average molecular weight is 355 g/mol. The van der Waals surface area contributed by atoms with E-state index < -0.39 is 21.7 Å². The van der Waals surface area contributed by atoms with Crippen molar-refractivity contribution in [3.05, 3.63) is 29.8 Å². The van der Waals surface area contributed by atoms with Gasteiger partial charge in [0.1, 0.15) is 0 Å². The van der Waals surface area contributed by atoms with Gasteiger partial charge in [0.2, 0.25) is 10.0 Å². The van der Waals surface area contributed by atoms with Crippen molar-refractivity contribution in [1.29, 1.82) is 0 Å². The van der Waals surface area contributed by atoms with Gasteiger partial charge >= 0.3 is 0 Å². The van der Waals surface area contributed by atoms with E-state index in [2.05, 4.69) is 4.72 Å². The Hall–Kier alpha value is -0.760. The molecule has 2 rings (SSSR count). The van der Waals surface area contributed by atoms with Crippen LogP contribution in [0, 0.1) is 17.6 Å². The summed E-state index contributed by atoms with van der Waals surface area (Å²) in [5, 5.41) is 0. The third-order valence-electron chi connectivity index (χ3n) is 3.98. The van der Waals surface area contributed by atoms with Gasteiger partial charge in [0.05, 0.1) is 4.90 Å². The zero-order valence-corrected chi connectivity index (χ0v) is 13.7. The van der Waals surface area contributed by atoms with Crippen LogP contribution in [0.4, 0.5) is 8.78 Å². The molecule has 0 heterocycles. The minimum absolute atomic E-state index is 0. The van der Waals surface area contributed by atoms with Gasteiger partial charge in [-0.2, -0.15) is 0 Å². The SMILES string of the molecule is Cl.NCC(NS(=O)(=O)c1ccc(F)c(F)c1)C1CCCCC1. The maximum atomic E-state index is 13.2. The highest BCUT2D eigenvalue weighted by Crippen LogP contribution is 2.27. The minimum Gasteiger partial charge on any atom is -0.329 e. The van der Waals surface area contributed by atoms with Gasteiger partial charge in [0, 0.05) is 12.6 Å². The van der Waals surface area contributed by atoms with Gasteiger partial charge in [-0.1, -0.05) is 19.3 Å². The summed E-state index contributed by atoms with van der Waals surface area (Å²) in [5.41, 5.74) is 5.68. The number of halogens is 3. The lowest BCUT2D eigenvalue weighted by Crippen LogP contribution is -2.45. The number of hydrogen-bond acceptors (Lipinski definition) is 3. The number of nitrogens with one attached hydrogen (secondary N) is 1. The summed E-state index contributed by atoms with van der Waals surface area (Å²) < 4.78 is 53.1. The van der Waals surface area contributed by atoms with Crippen LogP contribution in [0.5, 0.6) is 0 Å². The Labute approximate surface area is 135 Å². The molecule has 0 aromatic heterocycles. The van der Waals surface area contributed by atoms with E-state index in [-0.39, 0.29) is 35.8 Å². The Bertz CT molecular complexity index is 593. The maximum Gasteiger partial charge on any atom is 0.240 e. The van der Waals surface area contributed by atoms with Crippen LogP contribution in [0.3, 0.4) is 0 Å². The van der Waals surface area contributed by atoms with Crippen molar-refractivity contribution in [3.8, 4) is 0 Å². The second kappa shape index (κ2) is 8.19. The smallest absolute Gasteiger partial charge is 0.240 e. The number of benzene rings is 1. The zero-order chi connectivity index (χ0) is 15.5. The number of sulfonamides is 1. The van der Waals surface area contributed by atoms with E-state index in [0.717, 1.165) is 44.2 Å². The standard InChI is InChI=1S/C14H20F2N2O2S.ClH/c15-12-7-6-11(8-13(12)16)21(19,20)18-14(9-17)10-4-2-1-3-5-10;/h6-8,10,14,18H,1-5,9,17H2;1H. The third-order valence-corrected chi connectivity index (χ3v) is 5.47. The van der Waals surface area contributed by atoms with E-state index in [1.54, 1.807) is 0 Å². The summed E-state index contributed by atoms with van der Waals surface area (Å²) in [6.45, 7) is 0.188. The Balaban J connectivity index is 0.00000242. The number of nitrogens with two attached hydrogens (primary N) is 1. The molecule has 1 aromatic rings. The fourth-order valence-electron chi connectivity index (χ4n) is 2.78. The Morgan fingerprint density at radius 3 is 2.36 bits per heavy atom. The van der Waals surface area contributed by atoms with E-state index in [1.165, 1.54) is 0 Å². The molecule has 1 aliphatic rings. The predicted molar refractivity (Wildman–Crippen MR) is 83.3 cm³/mol. The second-order valence-electron chi connectivity index (χ2n) is 5.44. The largest absolute Gasteiger partial charge is 0.329 e. The fraction of sp³-hybridized carbons (Fsp3) is 0.571. The molecular formula is C14H21ClF2N2O2S. The summed E-state index contributed by atoms with van der Waals surface area (Å²) in [5.74, 6) is -2.06. The molecule has 1 unspecified atom stereocenters. The molecule has 1 aliphatic carbocycles. The molecule has 126 valence electrons. The van der Waals surface area contributed by atoms with Crippen molar-refractivity contribution in [3.63, 3.8) is 0 Å². The van der Waals surface area contributed by atoms with Crippen LogP contribution < -0.4 is 10.5 Å². The first-order valence-corrected chi connectivity index (χ1v) is 8.60. The molecule has 1 atom stereocenters. The lowest BCUT2D eigenvalue weighted by molar-refractivity contribution is 0.294. The molecule has 8 heteroatoms. The van der Waals surface area contributed by atoms with Crippen molar-refractivity contribution < 1.29 is 17.2 Å². The van der Waals surface area contributed by atoms with Crippen molar-refractivity contribution in [1.82, 2.24) is 4.72 Å². The quantitative estimate of drug-likeness (QED) is 0.853. The minimum atomic E-state index is -3.90. The summed E-state index contributed by atoms with van der Waals surface area (Å²) in [6.07, 6.45) is 5.15. The molecule has 1 fully saturated rings. The number of hydrogen-bond donors (Lipinski definition) is 2. The van der Waals surface area contributed by atoms with E-state index >= 15 is 0 Å². The molecule has 0 amide bonds. The molecule has 4 nitrogen and oxygen atoms in total. The van der Waals surface area contributed by atoms with Crippen molar-refractivity contribution in [2.45, 2.75) is 43.0 Å². The highest BCUT2D eigenvalue weighted by molar-refractivity contribution is 7.89. The van der Waals surface area contributed by atoms with Crippen LogP contribution in [-0.4, -0.2) is 21.0 Å². The second-order valence-corrected chi connectivity index (χ2v) is 7.15. The molecule has 0 saturated heterocycles. The Kier molecular flexibility index (Phi) is 7.18. The van der Waals surface area contributed by atoms with Gasteiger partial charge in [-0.15, -0.1) is 12.4 Å². The predicted octanol–water partition coefficient (Wildman–Crippen LogP) is 2.57. The first-order chi connectivity index (χ1) is 9.94. The maximum absolute atomic E-state index is 13.2. The van der Waals surface area contributed by atoms with Crippen molar-refractivity contribution in [2.24, 2.45) is 11.7 Å². The molecule has 1 saturated carbocycles. The summed E-state index contributed by atoms with van der Waals surface area (Å²) in [7, 11) is -3.90. The van der Waals surface area contributed by atoms with Crippen LogP contribution in [-0.2, 0) is 10.0 Å². The zero-order valence-electron chi connectivity index (χ0n) is 12.1. The van der Waals surface area contributed by atoms with Crippen LogP contribution in [0.2, 0.25) is 0 Å². The summed E-state index contributed by atoms with van der Waals surface area (Å²) in [4.78, 5) is -0.282. The number of rotatable bonds is 5. The average Bonchev–Trinajstić information content (AvgIpc) is 2.48. The van der Waals surface area contributed by atoms with Crippen LogP contribution >= 0.6 is 12.4 Å². The van der Waals surface area contributed by atoms with Crippen molar-refractivity contribution in [2.75, 3.05) is 6.54 Å². The molecule has 0 aliphatic heterocycles. The lowest BCUT2D eigenvalue weighted by Gasteiger charge is -2.29. The van der Waals surface area contributed by atoms with Gasteiger partial charge in [-0.05, 0) is 37.0 Å². The Morgan fingerprint density at radius 2 is 1.82 bits per heavy atom. The summed E-state index contributed by atoms with van der Waals surface area (Å²) in [6, 6.07) is 2.17. The fourth-order valence-corrected chi connectivity index (χ4v) is 4.11. The molecular weight excluding hydrogens is 334 g/mol. The van der Waals surface area contributed by atoms with Gasteiger partial charge < -0.3 is 5.73 Å². The monoisotopic (exact) mass is 354 g/mol. The molecule has 3 N–H and O–H groups in total. The molecule has 0 radical (unpaired) electrons. The first-order valence-electron chi connectivity index (χ1n) is 7.11. The lowest BCUT2D eigenvalue weighted by atomic mass is 9.84. The van der Waals surface area contributed by atoms with E-state index in [4.69, 9.17) is 5.73 Å². The molecule has 0 spiro atoms. The summed E-state index contributed by atoms with van der Waals surface area (Å²) >= 11 is 0. The van der Waals surface area contributed by atoms with Gasteiger partial charge in [0.25, 0.3) is 0 Å². The topological polar surface area (TPSA) is 72.2 Å². The molecule has 22 heavy (non-hydrogen) atoms. The van der Waals surface area contributed by atoms with Gasteiger partial charge in [-0.25, -0.2) is 21.9 Å². The van der Waals surface area contributed by atoms with Crippen LogP contribution in [0.1, 0.15) is 32.1 Å². The first kappa shape index (κ1) is 19.3. The third kappa shape index (κ3) is 4.62. The highest BCUT2D eigenvalue weighted by atomic mass is 35.5.